The van der Waals surface area contributed by atoms with Crippen LogP contribution >= 0.6 is 0 Å². The zero-order valence-corrected chi connectivity index (χ0v) is 13.5. The summed E-state index contributed by atoms with van der Waals surface area (Å²) in [6, 6.07) is 7.86. The Balaban J connectivity index is 2.69. The lowest BCUT2D eigenvalue weighted by atomic mass is 9.82. The zero-order valence-electron chi connectivity index (χ0n) is 13.5. The molecular weight excluding hydrogens is 266 g/mol. The Morgan fingerprint density at radius 2 is 1.90 bits per heavy atom. The van der Waals surface area contributed by atoms with Crippen molar-refractivity contribution in [3.8, 4) is 5.75 Å². The molecule has 4 heteroatoms. The molecule has 4 nitrogen and oxygen atoms in total. The molecule has 0 heterocycles. The average Bonchev–Trinajstić information content (AvgIpc) is 2.44. The Kier molecular flexibility index (Phi) is 6.69. The number of hydrogen-bond donors (Lipinski definition) is 2. The first-order valence-corrected chi connectivity index (χ1v) is 7.64. The van der Waals surface area contributed by atoms with Crippen molar-refractivity contribution in [1.82, 2.24) is 5.32 Å². The summed E-state index contributed by atoms with van der Waals surface area (Å²) in [5.74, 6) is 0.126. The number of benzene rings is 1. The van der Waals surface area contributed by atoms with Gasteiger partial charge in [0.05, 0.1) is 11.5 Å². The standard InChI is InChI=1S/C17H27NO3/c1-5-17(6-2,16(19)20)12-18-11-14-9-7-8-10-15(14)21-13(3)4/h7-10,13,18H,5-6,11-12H2,1-4H3,(H,19,20). The van der Waals surface area contributed by atoms with Gasteiger partial charge in [-0.15, -0.1) is 0 Å². The molecule has 0 aliphatic carbocycles. The predicted octanol–water partition coefficient (Wildman–Crippen LogP) is 3.45. The summed E-state index contributed by atoms with van der Waals surface area (Å²) in [7, 11) is 0. The van der Waals surface area contributed by atoms with Crippen LogP contribution in [-0.2, 0) is 11.3 Å². The van der Waals surface area contributed by atoms with E-state index in [1.54, 1.807) is 0 Å². The minimum atomic E-state index is -0.730. The van der Waals surface area contributed by atoms with Crippen LogP contribution in [0.4, 0.5) is 0 Å². The van der Waals surface area contributed by atoms with E-state index in [9.17, 15) is 9.90 Å². The fourth-order valence-electron chi connectivity index (χ4n) is 2.33. The van der Waals surface area contributed by atoms with E-state index < -0.39 is 11.4 Å². The zero-order chi connectivity index (χ0) is 15.9. The van der Waals surface area contributed by atoms with Gasteiger partial charge >= 0.3 is 5.97 Å². The normalized spacial score (nSPS) is 11.7. The van der Waals surface area contributed by atoms with E-state index in [1.807, 2.05) is 52.0 Å². The summed E-state index contributed by atoms with van der Waals surface area (Å²) >= 11 is 0. The summed E-state index contributed by atoms with van der Waals surface area (Å²) in [6.45, 7) is 8.91. The maximum absolute atomic E-state index is 11.5. The van der Waals surface area contributed by atoms with Crippen molar-refractivity contribution >= 4 is 5.97 Å². The average molecular weight is 293 g/mol. The predicted molar refractivity (Wildman–Crippen MR) is 84.6 cm³/mol. The minimum absolute atomic E-state index is 0.121. The molecule has 2 N–H and O–H groups in total. The second-order valence-electron chi connectivity index (χ2n) is 5.67. The molecule has 0 bridgehead atoms. The molecule has 118 valence electrons. The minimum Gasteiger partial charge on any atom is -0.491 e. The van der Waals surface area contributed by atoms with E-state index in [2.05, 4.69) is 5.32 Å². The highest BCUT2D eigenvalue weighted by molar-refractivity contribution is 5.74. The van der Waals surface area contributed by atoms with Crippen molar-refractivity contribution in [3.05, 3.63) is 29.8 Å². The lowest BCUT2D eigenvalue weighted by Gasteiger charge is -2.27. The highest BCUT2D eigenvalue weighted by atomic mass is 16.5. The van der Waals surface area contributed by atoms with Gasteiger partial charge in [-0.2, -0.15) is 0 Å². The van der Waals surface area contributed by atoms with Crippen LogP contribution in [0.25, 0.3) is 0 Å². The molecule has 0 spiro atoms. The first-order chi connectivity index (χ1) is 9.95. The molecule has 21 heavy (non-hydrogen) atoms. The molecule has 0 aliphatic rings. The summed E-state index contributed by atoms with van der Waals surface area (Å²) < 4.78 is 5.77. The number of carboxylic acids is 1. The second-order valence-corrected chi connectivity index (χ2v) is 5.67. The molecule has 1 aromatic carbocycles. The van der Waals surface area contributed by atoms with Crippen LogP contribution in [0.2, 0.25) is 0 Å². The van der Waals surface area contributed by atoms with Gasteiger partial charge in [0, 0.05) is 18.7 Å². The van der Waals surface area contributed by atoms with Gasteiger partial charge in [0.1, 0.15) is 5.75 Å². The van der Waals surface area contributed by atoms with Crippen LogP contribution in [0.3, 0.4) is 0 Å². The van der Waals surface area contributed by atoms with Gasteiger partial charge in [0.2, 0.25) is 0 Å². The van der Waals surface area contributed by atoms with E-state index in [0.29, 0.717) is 25.9 Å². The van der Waals surface area contributed by atoms with Gasteiger partial charge in [0.25, 0.3) is 0 Å². The van der Waals surface area contributed by atoms with Gasteiger partial charge in [-0.1, -0.05) is 32.0 Å². The third-order valence-electron chi connectivity index (χ3n) is 3.92. The van der Waals surface area contributed by atoms with E-state index >= 15 is 0 Å². The van der Waals surface area contributed by atoms with Gasteiger partial charge in [0.15, 0.2) is 0 Å². The largest absolute Gasteiger partial charge is 0.491 e. The Hall–Kier alpha value is -1.55. The van der Waals surface area contributed by atoms with Crippen LogP contribution in [-0.4, -0.2) is 23.7 Å². The summed E-state index contributed by atoms with van der Waals surface area (Å²) in [5, 5.41) is 12.7. The summed E-state index contributed by atoms with van der Waals surface area (Å²) in [5.41, 5.74) is 0.367. The Morgan fingerprint density at radius 3 is 2.43 bits per heavy atom. The van der Waals surface area contributed by atoms with E-state index in [-0.39, 0.29) is 6.10 Å². The molecule has 0 unspecified atom stereocenters. The molecule has 0 aliphatic heterocycles. The van der Waals surface area contributed by atoms with Crippen LogP contribution in [0.1, 0.15) is 46.1 Å². The number of para-hydroxylation sites is 1. The maximum atomic E-state index is 11.5. The quantitative estimate of drug-likeness (QED) is 0.732. The van der Waals surface area contributed by atoms with E-state index in [4.69, 9.17) is 4.74 Å². The summed E-state index contributed by atoms with van der Waals surface area (Å²) in [6.07, 6.45) is 1.36. The lowest BCUT2D eigenvalue weighted by Crippen LogP contribution is -2.40. The van der Waals surface area contributed by atoms with Crippen molar-refractivity contribution in [1.29, 1.82) is 0 Å². The van der Waals surface area contributed by atoms with Gasteiger partial charge in [-0.25, -0.2) is 0 Å². The fourth-order valence-corrected chi connectivity index (χ4v) is 2.33. The monoisotopic (exact) mass is 293 g/mol. The number of hydrogen-bond acceptors (Lipinski definition) is 3. The Bertz CT molecular complexity index is 453. The van der Waals surface area contributed by atoms with Crippen molar-refractivity contribution in [3.63, 3.8) is 0 Å². The molecule has 0 amide bonds. The van der Waals surface area contributed by atoms with Crippen LogP contribution in [0, 0.1) is 5.41 Å². The number of ether oxygens (including phenoxy) is 1. The first-order valence-electron chi connectivity index (χ1n) is 7.64. The van der Waals surface area contributed by atoms with Crippen molar-refractivity contribution < 1.29 is 14.6 Å². The van der Waals surface area contributed by atoms with E-state index in [1.165, 1.54) is 0 Å². The number of carboxylic acid groups (broad SMARTS) is 1. The highest BCUT2D eigenvalue weighted by Crippen LogP contribution is 2.26. The molecular formula is C17H27NO3. The fraction of sp³-hybridized carbons (Fsp3) is 0.588. The molecule has 0 fully saturated rings. The maximum Gasteiger partial charge on any atom is 0.310 e. The smallest absolute Gasteiger partial charge is 0.310 e. The molecule has 0 aromatic heterocycles. The SMILES string of the molecule is CCC(CC)(CNCc1ccccc1OC(C)C)C(=O)O. The molecule has 1 rings (SSSR count). The topological polar surface area (TPSA) is 58.6 Å². The third-order valence-corrected chi connectivity index (χ3v) is 3.92. The Morgan fingerprint density at radius 1 is 1.29 bits per heavy atom. The van der Waals surface area contributed by atoms with Crippen molar-refractivity contribution in [2.45, 2.75) is 53.2 Å². The van der Waals surface area contributed by atoms with Gasteiger partial charge < -0.3 is 15.2 Å². The van der Waals surface area contributed by atoms with Crippen LogP contribution < -0.4 is 10.1 Å². The van der Waals surface area contributed by atoms with Crippen LogP contribution in [0.5, 0.6) is 5.75 Å². The molecule has 0 radical (unpaired) electrons. The third kappa shape index (κ3) is 4.74. The number of carbonyl (C=O) groups is 1. The molecule has 0 atom stereocenters. The highest BCUT2D eigenvalue weighted by Gasteiger charge is 2.34. The molecule has 0 saturated heterocycles. The first kappa shape index (κ1) is 17.5. The molecule has 1 aromatic rings. The van der Waals surface area contributed by atoms with Crippen molar-refractivity contribution in [2.75, 3.05) is 6.54 Å². The number of rotatable bonds is 9. The van der Waals surface area contributed by atoms with Crippen LogP contribution in [0.15, 0.2) is 24.3 Å². The lowest BCUT2D eigenvalue weighted by molar-refractivity contribution is -0.149. The number of nitrogens with one attached hydrogen (secondary N) is 1. The second kappa shape index (κ2) is 8.03. The van der Waals surface area contributed by atoms with E-state index in [0.717, 1.165) is 11.3 Å². The van der Waals surface area contributed by atoms with Crippen molar-refractivity contribution in [2.24, 2.45) is 5.41 Å². The van der Waals surface area contributed by atoms with Gasteiger partial charge in [-0.3, -0.25) is 4.79 Å². The molecule has 0 saturated carbocycles. The number of aliphatic carboxylic acids is 1. The van der Waals surface area contributed by atoms with Gasteiger partial charge in [-0.05, 0) is 32.8 Å². The Labute approximate surface area is 127 Å². The summed E-state index contributed by atoms with van der Waals surface area (Å²) in [4.78, 5) is 11.5.